The highest BCUT2D eigenvalue weighted by atomic mass is 32.2. The van der Waals surface area contributed by atoms with Crippen molar-refractivity contribution in [2.75, 3.05) is 12.8 Å². The summed E-state index contributed by atoms with van der Waals surface area (Å²) in [4.78, 5) is 15.7. The molecular weight excluding hydrogens is 380 g/mol. The van der Waals surface area contributed by atoms with Gasteiger partial charge in [-0.1, -0.05) is 27.6 Å². The van der Waals surface area contributed by atoms with Crippen LogP contribution in [0.25, 0.3) is 0 Å². The van der Waals surface area contributed by atoms with Gasteiger partial charge in [-0.25, -0.2) is 4.63 Å². The third-order valence-corrected chi connectivity index (χ3v) is 5.51. The molecule has 3 aromatic rings. The zero-order chi connectivity index (χ0) is 19.5. The molecule has 1 fully saturated rings. The van der Waals surface area contributed by atoms with Crippen LogP contribution in [0.15, 0.2) is 44.4 Å². The SMILES string of the molecule is CSc1ccccc1OCc1cc(C(=O)N2CCC[C@H]2c2nonc2C)no1. The Kier molecular flexibility index (Phi) is 5.34. The average Bonchev–Trinajstić information content (AvgIpc) is 3.46. The van der Waals surface area contributed by atoms with Crippen LogP contribution in [0.1, 0.15) is 46.5 Å². The third kappa shape index (κ3) is 3.62. The quantitative estimate of drug-likeness (QED) is 0.579. The molecule has 0 N–H and O–H groups in total. The molecule has 1 amide bonds. The number of benzene rings is 1. The molecule has 0 unspecified atom stereocenters. The molecule has 1 aromatic carbocycles. The average molecular weight is 400 g/mol. The lowest BCUT2D eigenvalue weighted by molar-refractivity contribution is 0.0719. The largest absolute Gasteiger partial charge is 0.484 e. The number of amides is 1. The highest BCUT2D eigenvalue weighted by Gasteiger charge is 2.35. The van der Waals surface area contributed by atoms with Gasteiger partial charge in [0.05, 0.1) is 6.04 Å². The van der Waals surface area contributed by atoms with Gasteiger partial charge in [0, 0.05) is 17.5 Å². The number of aromatic nitrogens is 3. The number of nitrogens with zero attached hydrogens (tertiary/aromatic N) is 4. The fourth-order valence-corrected chi connectivity index (χ4v) is 3.89. The summed E-state index contributed by atoms with van der Waals surface area (Å²) in [5, 5.41) is 11.7. The van der Waals surface area contributed by atoms with Crippen molar-refractivity contribution in [3.63, 3.8) is 0 Å². The van der Waals surface area contributed by atoms with Gasteiger partial charge in [0.1, 0.15) is 23.7 Å². The Morgan fingerprint density at radius 3 is 2.96 bits per heavy atom. The first kappa shape index (κ1) is 18.5. The Morgan fingerprint density at radius 1 is 1.32 bits per heavy atom. The predicted octanol–water partition coefficient (Wildman–Crippen LogP) is 3.64. The summed E-state index contributed by atoms with van der Waals surface area (Å²) in [5.41, 5.74) is 1.66. The third-order valence-electron chi connectivity index (χ3n) is 4.73. The first-order valence-electron chi connectivity index (χ1n) is 8.99. The van der Waals surface area contributed by atoms with E-state index in [-0.39, 0.29) is 24.2 Å². The number of ether oxygens (including phenoxy) is 1. The zero-order valence-corrected chi connectivity index (χ0v) is 16.4. The number of carbonyl (C=O) groups is 1. The molecule has 9 heteroatoms. The fourth-order valence-electron chi connectivity index (χ4n) is 3.35. The van der Waals surface area contributed by atoms with Gasteiger partial charge in [0.25, 0.3) is 5.91 Å². The van der Waals surface area contributed by atoms with Crippen LogP contribution in [0.4, 0.5) is 0 Å². The van der Waals surface area contributed by atoms with Crippen molar-refractivity contribution < 1.29 is 18.7 Å². The maximum absolute atomic E-state index is 12.9. The van der Waals surface area contributed by atoms with E-state index in [1.165, 1.54) is 0 Å². The Labute approximate surface area is 166 Å². The molecule has 0 aliphatic carbocycles. The van der Waals surface area contributed by atoms with Crippen molar-refractivity contribution in [2.45, 2.75) is 37.3 Å². The Hall–Kier alpha value is -2.81. The minimum atomic E-state index is -0.190. The van der Waals surface area contributed by atoms with Crippen LogP contribution in [0, 0.1) is 6.92 Å². The standard InChI is InChI=1S/C19H20N4O4S/c1-12-18(22-27-20-12)15-6-5-9-23(15)19(24)14-10-13(26-21-14)11-25-16-7-3-4-8-17(16)28-2/h3-4,7-8,10,15H,5-6,9,11H2,1-2H3/t15-/m0/s1. The molecule has 0 saturated carbocycles. The normalized spacial score (nSPS) is 16.5. The number of hydrogen-bond donors (Lipinski definition) is 0. The van der Waals surface area contributed by atoms with Gasteiger partial charge in [0.15, 0.2) is 11.5 Å². The number of para-hydroxylation sites is 1. The first-order chi connectivity index (χ1) is 13.7. The van der Waals surface area contributed by atoms with Crippen LogP contribution < -0.4 is 4.74 Å². The van der Waals surface area contributed by atoms with Crippen LogP contribution >= 0.6 is 11.8 Å². The lowest BCUT2D eigenvalue weighted by Crippen LogP contribution is -2.31. The molecule has 8 nitrogen and oxygen atoms in total. The minimum Gasteiger partial charge on any atom is -0.484 e. The van der Waals surface area contributed by atoms with Crippen LogP contribution in [0.2, 0.25) is 0 Å². The summed E-state index contributed by atoms with van der Waals surface area (Å²) in [6.07, 6.45) is 3.70. The van der Waals surface area contributed by atoms with E-state index in [0.717, 1.165) is 23.5 Å². The molecule has 2 aromatic heterocycles. The smallest absolute Gasteiger partial charge is 0.276 e. The topological polar surface area (TPSA) is 94.5 Å². The molecule has 4 rings (SSSR count). The molecule has 146 valence electrons. The van der Waals surface area contributed by atoms with Crippen molar-refractivity contribution in [1.82, 2.24) is 20.4 Å². The summed E-state index contributed by atoms with van der Waals surface area (Å²) in [6.45, 7) is 2.66. The second-order valence-corrected chi connectivity index (χ2v) is 7.36. The summed E-state index contributed by atoms with van der Waals surface area (Å²) in [7, 11) is 0. The fraction of sp³-hybridized carbons (Fsp3) is 0.368. The van der Waals surface area contributed by atoms with Gasteiger partial charge >= 0.3 is 0 Å². The lowest BCUT2D eigenvalue weighted by atomic mass is 10.1. The van der Waals surface area contributed by atoms with Crippen LogP contribution in [0.5, 0.6) is 5.75 Å². The number of aryl methyl sites for hydroxylation is 1. The van der Waals surface area contributed by atoms with Crippen molar-refractivity contribution in [3.05, 3.63) is 53.2 Å². The highest BCUT2D eigenvalue weighted by molar-refractivity contribution is 7.98. The molecule has 0 spiro atoms. The van der Waals surface area contributed by atoms with Crippen molar-refractivity contribution in [1.29, 1.82) is 0 Å². The maximum Gasteiger partial charge on any atom is 0.276 e. The van der Waals surface area contributed by atoms with E-state index in [9.17, 15) is 4.79 Å². The van der Waals surface area contributed by atoms with E-state index >= 15 is 0 Å². The summed E-state index contributed by atoms with van der Waals surface area (Å²) in [5.74, 6) is 1.08. The lowest BCUT2D eigenvalue weighted by Gasteiger charge is -2.21. The van der Waals surface area contributed by atoms with Gasteiger partial charge in [-0.3, -0.25) is 4.79 Å². The van der Waals surface area contributed by atoms with Crippen LogP contribution in [-0.4, -0.2) is 39.1 Å². The van der Waals surface area contributed by atoms with Gasteiger partial charge in [-0.15, -0.1) is 11.8 Å². The Bertz CT molecular complexity index is 970. The van der Waals surface area contributed by atoms with Crippen LogP contribution in [0.3, 0.4) is 0 Å². The van der Waals surface area contributed by atoms with Gasteiger partial charge < -0.3 is 14.2 Å². The second kappa shape index (κ2) is 8.05. The van der Waals surface area contributed by atoms with E-state index in [4.69, 9.17) is 13.9 Å². The molecule has 3 heterocycles. The first-order valence-corrected chi connectivity index (χ1v) is 10.2. The summed E-state index contributed by atoms with van der Waals surface area (Å²) >= 11 is 1.61. The van der Waals surface area contributed by atoms with Crippen molar-refractivity contribution >= 4 is 17.7 Å². The zero-order valence-electron chi connectivity index (χ0n) is 15.6. The van der Waals surface area contributed by atoms with E-state index in [0.29, 0.717) is 23.7 Å². The van der Waals surface area contributed by atoms with Crippen molar-refractivity contribution in [3.8, 4) is 5.75 Å². The second-order valence-electron chi connectivity index (χ2n) is 6.51. The van der Waals surface area contributed by atoms with Crippen molar-refractivity contribution in [2.24, 2.45) is 0 Å². The molecular formula is C19H20N4O4S. The molecule has 1 atom stereocenters. The molecule has 1 aliphatic rings. The summed E-state index contributed by atoms with van der Waals surface area (Å²) < 4.78 is 15.9. The number of thioether (sulfide) groups is 1. The Morgan fingerprint density at radius 2 is 2.18 bits per heavy atom. The summed E-state index contributed by atoms with van der Waals surface area (Å²) in [6, 6.07) is 9.25. The molecule has 1 aliphatic heterocycles. The Balaban J connectivity index is 1.45. The number of likely N-dealkylation sites (tertiary alicyclic amines) is 1. The molecule has 1 saturated heterocycles. The molecule has 28 heavy (non-hydrogen) atoms. The van der Waals surface area contributed by atoms with Gasteiger partial charge in [0.2, 0.25) is 0 Å². The maximum atomic E-state index is 12.9. The number of rotatable bonds is 6. The van der Waals surface area contributed by atoms with Gasteiger partial charge in [-0.05, 0) is 38.2 Å². The van der Waals surface area contributed by atoms with Gasteiger partial charge in [-0.2, -0.15) is 0 Å². The van der Waals surface area contributed by atoms with Crippen LogP contribution in [-0.2, 0) is 6.61 Å². The van der Waals surface area contributed by atoms with E-state index in [2.05, 4.69) is 15.5 Å². The number of carbonyl (C=O) groups excluding carboxylic acids is 1. The van der Waals surface area contributed by atoms with E-state index < -0.39 is 0 Å². The highest BCUT2D eigenvalue weighted by Crippen LogP contribution is 2.33. The molecule has 0 bridgehead atoms. The number of hydrogen-bond acceptors (Lipinski definition) is 8. The minimum absolute atomic E-state index is 0.149. The predicted molar refractivity (Wildman–Crippen MR) is 101 cm³/mol. The monoisotopic (exact) mass is 400 g/mol. The molecule has 0 radical (unpaired) electrons. The van der Waals surface area contributed by atoms with E-state index in [1.54, 1.807) is 22.7 Å². The van der Waals surface area contributed by atoms with E-state index in [1.807, 2.05) is 37.4 Å².